The second kappa shape index (κ2) is 7.16. The van der Waals surface area contributed by atoms with E-state index in [1.54, 1.807) is 36.7 Å². The Hall–Kier alpha value is -2.17. The van der Waals surface area contributed by atoms with E-state index in [0.717, 1.165) is 18.4 Å². The molecular formula is C19H25N3O2. The summed E-state index contributed by atoms with van der Waals surface area (Å²) in [5, 5.41) is 3.17. The molecule has 5 nitrogen and oxygen atoms in total. The lowest BCUT2D eigenvalue weighted by molar-refractivity contribution is 0.0930. The van der Waals surface area contributed by atoms with Crippen molar-refractivity contribution < 1.29 is 4.79 Å². The van der Waals surface area contributed by atoms with Crippen molar-refractivity contribution in [2.75, 3.05) is 0 Å². The van der Waals surface area contributed by atoms with Crippen LogP contribution in [-0.2, 0) is 7.05 Å². The number of aryl methyl sites for hydroxylation is 2. The van der Waals surface area contributed by atoms with Gasteiger partial charge in [0.1, 0.15) is 5.69 Å². The smallest absolute Gasteiger partial charge is 0.272 e. The number of carbonyl (C=O) groups is 1. The predicted molar refractivity (Wildman–Crippen MR) is 95.3 cm³/mol. The molecule has 0 unspecified atom stereocenters. The van der Waals surface area contributed by atoms with Gasteiger partial charge in [-0.3, -0.25) is 9.59 Å². The Morgan fingerprint density at radius 3 is 2.54 bits per heavy atom. The van der Waals surface area contributed by atoms with Gasteiger partial charge in [0, 0.05) is 18.7 Å². The van der Waals surface area contributed by atoms with E-state index in [4.69, 9.17) is 0 Å². The van der Waals surface area contributed by atoms with Crippen molar-refractivity contribution >= 4 is 16.9 Å². The Labute approximate surface area is 142 Å². The van der Waals surface area contributed by atoms with Crippen LogP contribution in [0.5, 0.6) is 0 Å². The minimum Gasteiger partial charge on any atom is -0.349 e. The Morgan fingerprint density at radius 2 is 1.83 bits per heavy atom. The van der Waals surface area contributed by atoms with Crippen molar-refractivity contribution in [2.45, 2.75) is 57.9 Å². The summed E-state index contributed by atoms with van der Waals surface area (Å²) in [4.78, 5) is 28.9. The molecule has 1 aliphatic carbocycles. The largest absolute Gasteiger partial charge is 0.349 e. The van der Waals surface area contributed by atoms with Crippen molar-refractivity contribution in [1.82, 2.24) is 14.9 Å². The van der Waals surface area contributed by atoms with E-state index in [-0.39, 0.29) is 17.5 Å². The SMILES string of the molecule is Cc1nc2cc(C(=O)NC3CCCCCCC3)ccc2n(C)c1=O. The number of nitrogens with one attached hydrogen (secondary N) is 1. The predicted octanol–water partition coefficient (Wildman–Crippen LogP) is 3.08. The summed E-state index contributed by atoms with van der Waals surface area (Å²) in [7, 11) is 1.73. The highest BCUT2D eigenvalue weighted by molar-refractivity contribution is 5.97. The molecule has 0 spiro atoms. The second-order valence-electron chi connectivity index (χ2n) is 6.78. The molecule has 0 saturated heterocycles. The fourth-order valence-electron chi connectivity index (χ4n) is 3.49. The number of hydrogen-bond acceptors (Lipinski definition) is 3. The average Bonchev–Trinajstić information content (AvgIpc) is 2.54. The summed E-state index contributed by atoms with van der Waals surface area (Å²) in [6.07, 6.45) is 8.33. The third-order valence-corrected chi connectivity index (χ3v) is 4.94. The first-order valence-corrected chi connectivity index (χ1v) is 8.84. The maximum Gasteiger partial charge on any atom is 0.272 e. The Bertz CT molecular complexity index is 802. The first-order valence-electron chi connectivity index (χ1n) is 8.84. The quantitative estimate of drug-likeness (QED) is 0.922. The molecule has 3 rings (SSSR count). The molecule has 0 atom stereocenters. The molecule has 0 radical (unpaired) electrons. The molecular weight excluding hydrogens is 302 g/mol. The van der Waals surface area contributed by atoms with E-state index in [9.17, 15) is 9.59 Å². The number of fused-ring (bicyclic) bond motifs is 1. The van der Waals surface area contributed by atoms with E-state index in [1.807, 2.05) is 0 Å². The molecule has 1 aliphatic rings. The summed E-state index contributed by atoms with van der Waals surface area (Å²) < 4.78 is 1.58. The number of aromatic nitrogens is 2. The fourth-order valence-corrected chi connectivity index (χ4v) is 3.49. The third-order valence-electron chi connectivity index (χ3n) is 4.94. The Balaban J connectivity index is 1.82. The van der Waals surface area contributed by atoms with Crippen LogP contribution >= 0.6 is 0 Å². The van der Waals surface area contributed by atoms with Gasteiger partial charge < -0.3 is 9.88 Å². The Kier molecular flexibility index (Phi) is 4.97. The molecule has 0 bridgehead atoms. The number of benzene rings is 1. The van der Waals surface area contributed by atoms with Crippen LogP contribution in [0.15, 0.2) is 23.0 Å². The number of amides is 1. The molecule has 0 aliphatic heterocycles. The van der Waals surface area contributed by atoms with Crippen molar-refractivity contribution in [2.24, 2.45) is 7.05 Å². The van der Waals surface area contributed by atoms with Crippen molar-refractivity contribution in [3.05, 3.63) is 39.8 Å². The van der Waals surface area contributed by atoms with Gasteiger partial charge >= 0.3 is 0 Å². The highest BCUT2D eigenvalue weighted by atomic mass is 16.1. The number of carbonyl (C=O) groups excluding carboxylic acids is 1. The van der Waals surface area contributed by atoms with Gasteiger partial charge in [-0.1, -0.05) is 32.1 Å². The lowest BCUT2D eigenvalue weighted by atomic mass is 9.96. The van der Waals surface area contributed by atoms with Crippen LogP contribution in [0.25, 0.3) is 11.0 Å². The monoisotopic (exact) mass is 327 g/mol. The van der Waals surface area contributed by atoms with Gasteiger partial charge in [0.05, 0.1) is 11.0 Å². The van der Waals surface area contributed by atoms with Gasteiger partial charge in [0.15, 0.2) is 0 Å². The summed E-state index contributed by atoms with van der Waals surface area (Å²) in [5.41, 5.74) is 2.37. The van der Waals surface area contributed by atoms with E-state index in [0.29, 0.717) is 16.8 Å². The zero-order chi connectivity index (χ0) is 17.1. The molecule has 1 fully saturated rings. The molecule has 1 heterocycles. The standard InChI is InChI=1S/C19H25N3O2/c1-13-19(24)22(2)17-11-10-14(12-16(17)20-13)18(23)21-15-8-6-4-3-5-7-9-15/h10-12,15H,3-9H2,1-2H3,(H,21,23). The van der Waals surface area contributed by atoms with Crippen LogP contribution in [0, 0.1) is 6.92 Å². The topological polar surface area (TPSA) is 64.0 Å². The molecule has 5 heteroatoms. The molecule has 1 amide bonds. The van der Waals surface area contributed by atoms with Gasteiger partial charge in [0.25, 0.3) is 11.5 Å². The fraction of sp³-hybridized carbons (Fsp3) is 0.526. The molecule has 1 saturated carbocycles. The maximum atomic E-state index is 12.6. The van der Waals surface area contributed by atoms with Gasteiger partial charge in [-0.2, -0.15) is 0 Å². The van der Waals surface area contributed by atoms with Crippen molar-refractivity contribution in [3.8, 4) is 0 Å². The van der Waals surface area contributed by atoms with Gasteiger partial charge in [0.2, 0.25) is 0 Å². The van der Waals surface area contributed by atoms with Gasteiger partial charge in [-0.15, -0.1) is 0 Å². The molecule has 128 valence electrons. The zero-order valence-electron chi connectivity index (χ0n) is 14.5. The lowest BCUT2D eigenvalue weighted by Gasteiger charge is -2.21. The van der Waals surface area contributed by atoms with Crippen LogP contribution in [0.1, 0.15) is 61.0 Å². The summed E-state index contributed by atoms with van der Waals surface area (Å²) in [5.74, 6) is -0.0456. The Morgan fingerprint density at radius 1 is 1.17 bits per heavy atom. The van der Waals surface area contributed by atoms with Crippen LogP contribution in [0.2, 0.25) is 0 Å². The first-order chi connectivity index (χ1) is 11.6. The van der Waals surface area contributed by atoms with E-state index in [2.05, 4.69) is 10.3 Å². The highest BCUT2D eigenvalue weighted by Gasteiger charge is 2.16. The maximum absolute atomic E-state index is 12.6. The van der Waals surface area contributed by atoms with E-state index < -0.39 is 0 Å². The summed E-state index contributed by atoms with van der Waals surface area (Å²) in [6, 6.07) is 5.62. The summed E-state index contributed by atoms with van der Waals surface area (Å²) in [6.45, 7) is 1.70. The minimum absolute atomic E-state index is 0.0456. The van der Waals surface area contributed by atoms with Crippen LogP contribution in [0.3, 0.4) is 0 Å². The molecule has 2 aromatic rings. The minimum atomic E-state index is -0.103. The van der Waals surface area contributed by atoms with Gasteiger partial charge in [-0.05, 0) is 38.0 Å². The van der Waals surface area contributed by atoms with Gasteiger partial charge in [-0.25, -0.2) is 4.98 Å². The molecule has 1 N–H and O–H groups in total. The van der Waals surface area contributed by atoms with E-state index >= 15 is 0 Å². The van der Waals surface area contributed by atoms with Crippen LogP contribution in [-0.4, -0.2) is 21.5 Å². The van der Waals surface area contributed by atoms with Crippen molar-refractivity contribution in [1.29, 1.82) is 0 Å². The van der Waals surface area contributed by atoms with Crippen LogP contribution in [0.4, 0.5) is 0 Å². The second-order valence-corrected chi connectivity index (χ2v) is 6.78. The lowest BCUT2D eigenvalue weighted by Crippen LogP contribution is -2.35. The number of rotatable bonds is 2. The zero-order valence-corrected chi connectivity index (χ0v) is 14.5. The highest BCUT2D eigenvalue weighted by Crippen LogP contribution is 2.18. The van der Waals surface area contributed by atoms with Crippen molar-refractivity contribution in [3.63, 3.8) is 0 Å². The number of nitrogens with zero attached hydrogens (tertiary/aromatic N) is 2. The first kappa shape index (κ1) is 16.7. The molecule has 24 heavy (non-hydrogen) atoms. The third kappa shape index (κ3) is 3.50. The molecule has 1 aromatic carbocycles. The van der Waals surface area contributed by atoms with E-state index in [1.165, 1.54) is 32.1 Å². The molecule has 1 aromatic heterocycles. The summed E-state index contributed by atoms with van der Waals surface area (Å²) >= 11 is 0. The average molecular weight is 327 g/mol. The van der Waals surface area contributed by atoms with Crippen LogP contribution < -0.4 is 10.9 Å². The normalized spacial score (nSPS) is 16.6. The number of hydrogen-bond donors (Lipinski definition) is 1.